The molecule has 29 heavy (non-hydrogen) atoms. The van der Waals surface area contributed by atoms with E-state index in [0.29, 0.717) is 28.4 Å². The van der Waals surface area contributed by atoms with Crippen LogP contribution in [0, 0.1) is 0 Å². The van der Waals surface area contributed by atoms with Crippen LogP contribution in [0.3, 0.4) is 0 Å². The number of phenols is 1. The lowest BCUT2D eigenvalue weighted by molar-refractivity contribution is 0.412. The summed E-state index contributed by atoms with van der Waals surface area (Å²) in [6.45, 7) is 0. The van der Waals surface area contributed by atoms with Crippen molar-refractivity contribution in [1.29, 1.82) is 0 Å². The summed E-state index contributed by atoms with van der Waals surface area (Å²) in [5.74, 6) is 1.09. The number of phenolic OH excluding ortho intramolecular Hbond substituents is 1. The maximum atomic E-state index is 12.6. The van der Waals surface area contributed by atoms with Crippen molar-refractivity contribution in [3.8, 4) is 34.2 Å². The van der Waals surface area contributed by atoms with Crippen LogP contribution in [0.2, 0.25) is 0 Å². The molecule has 0 fully saturated rings. The lowest BCUT2D eigenvalue weighted by Gasteiger charge is -2.12. The second kappa shape index (κ2) is 7.16. The number of methoxy groups -OCH3 is 2. The van der Waals surface area contributed by atoms with Gasteiger partial charge in [0, 0.05) is 11.6 Å². The highest BCUT2D eigenvalue weighted by atomic mass is 16.5. The second-order valence-corrected chi connectivity index (χ2v) is 6.25. The van der Waals surface area contributed by atoms with Gasteiger partial charge in [-0.05, 0) is 42.5 Å². The average molecular weight is 391 g/mol. The normalized spacial score (nSPS) is 10.8. The molecule has 0 saturated heterocycles. The first-order valence-corrected chi connectivity index (χ1v) is 8.69. The maximum absolute atomic E-state index is 12.6. The third-order valence-electron chi connectivity index (χ3n) is 4.55. The number of aromatic hydroxyl groups is 1. The standard InChI is InChI=1S/C21H17N3O5/c1-28-13-5-3-4-12(10-13)24-19-15(20(26)23-21(24)27)7-8-17(22-19)16-11-14(29-2)6-9-18(16)25/h3-11,25H,1-2H3,(H,23,26,27). The largest absolute Gasteiger partial charge is 0.507 e. The summed E-state index contributed by atoms with van der Waals surface area (Å²) in [5, 5.41) is 10.5. The van der Waals surface area contributed by atoms with Crippen molar-refractivity contribution in [2.45, 2.75) is 0 Å². The maximum Gasteiger partial charge on any atom is 0.334 e. The van der Waals surface area contributed by atoms with Crippen LogP contribution < -0.4 is 20.7 Å². The van der Waals surface area contributed by atoms with Crippen LogP contribution in [-0.2, 0) is 0 Å². The molecule has 2 aromatic carbocycles. The van der Waals surface area contributed by atoms with E-state index in [-0.39, 0.29) is 16.8 Å². The Labute approximate surface area is 164 Å². The van der Waals surface area contributed by atoms with E-state index in [1.165, 1.54) is 24.9 Å². The predicted octanol–water partition coefficient (Wildman–Crippen LogP) is 2.46. The van der Waals surface area contributed by atoms with Crippen molar-refractivity contribution in [2.24, 2.45) is 0 Å². The van der Waals surface area contributed by atoms with Gasteiger partial charge in [0.25, 0.3) is 5.56 Å². The smallest absolute Gasteiger partial charge is 0.334 e. The van der Waals surface area contributed by atoms with Crippen LogP contribution in [0.15, 0.2) is 64.2 Å². The van der Waals surface area contributed by atoms with Crippen molar-refractivity contribution in [3.05, 3.63) is 75.4 Å². The minimum atomic E-state index is -0.629. The predicted molar refractivity (Wildman–Crippen MR) is 108 cm³/mol. The number of aromatic nitrogens is 3. The van der Waals surface area contributed by atoms with Gasteiger partial charge in [-0.1, -0.05) is 6.07 Å². The number of benzene rings is 2. The molecular weight excluding hydrogens is 374 g/mol. The monoisotopic (exact) mass is 391 g/mol. The minimum Gasteiger partial charge on any atom is -0.507 e. The molecule has 0 aliphatic heterocycles. The number of aromatic amines is 1. The Balaban J connectivity index is 2.04. The van der Waals surface area contributed by atoms with Crippen LogP contribution >= 0.6 is 0 Å². The first-order chi connectivity index (χ1) is 14.0. The number of H-pyrrole nitrogens is 1. The molecule has 146 valence electrons. The number of fused-ring (bicyclic) bond motifs is 1. The lowest BCUT2D eigenvalue weighted by atomic mass is 10.1. The molecule has 0 bridgehead atoms. The summed E-state index contributed by atoms with van der Waals surface area (Å²) in [7, 11) is 3.04. The van der Waals surface area contributed by atoms with Gasteiger partial charge in [0.15, 0.2) is 5.65 Å². The summed E-state index contributed by atoms with van der Waals surface area (Å²) in [6, 6.07) is 14.8. The zero-order valence-corrected chi connectivity index (χ0v) is 15.7. The number of nitrogens with zero attached hydrogens (tertiary/aromatic N) is 2. The molecule has 0 aliphatic carbocycles. The zero-order chi connectivity index (χ0) is 20.5. The minimum absolute atomic E-state index is 0.00207. The van der Waals surface area contributed by atoms with Crippen LogP contribution in [0.4, 0.5) is 0 Å². The summed E-state index contributed by atoms with van der Waals surface area (Å²) in [4.78, 5) is 31.8. The number of hydrogen-bond acceptors (Lipinski definition) is 6. The average Bonchev–Trinajstić information content (AvgIpc) is 2.74. The fourth-order valence-electron chi connectivity index (χ4n) is 3.10. The van der Waals surface area contributed by atoms with Crippen molar-refractivity contribution in [1.82, 2.24) is 14.5 Å². The van der Waals surface area contributed by atoms with Gasteiger partial charge in [0.05, 0.1) is 31.0 Å². The summed E-state index contributed by atoms with van der Waals surface area (Å²) >= 11 is 0. The molecule has 0 atom stereocenters. The van der Waals surface area contributed by atoms with E-state index in [1.54, 1.807) is 48.5 Å². The van der Waals surface area contributed by atoms with Gasteiger partial charge in [0.1, 0.15) is 17.2 Å². The highest BCUT2D eigenvalue weighted by Crippen LogP contribution is 2.32. The Morgan fingerprint density at radius 3 is 2.48 bits per heavy atom. The van der Waals surface area contributed by atoms with E-state index in [4.69, 9.17) is 9.47 Å². The van der Waals surface area contributed by atoms with Crippen molar-refractivity contribution < 1.29 is 14.6 Å². The van der Waals surface area contributed by atoms with Gasteiger partial charge >= 0.3 is 5.69 Å². The summed E-state index contributed by atoms with van der Waals surface area (Å²) in [6.07, 6.45) is 0. The number of ether oxygens (including phenoxy) is 2. The molecule has 4 aromatic rings. The summed E-state index contributed by atoms with van der Waals surface area (Å²) in [5.41, 5.74) is 0.266. The highest BCUT2D eigenvalue weighted by Gasteiger charge is 2.15. The quantitative estimate of drug-likeness (QED) is 0.554. The van der Waals surface area contributed by atoms with Crippen LogP contribution in [0.5, 0.6) is 17.2 Å². The van der Waals surface area contributed by atoms with E-state index in [2.05, 4.69) is 9.97 Å². The molecule has 0 saturated carbocycles. The van der Waals surface area contributed by atoms with E-state index in [9.17, 15) is 14.7 Å². The molecule has 2 N–H and O–H groups in total. The number of hydrogen-bond donors (Lipinski definition) is 2. The first kappa shape index (κ1) is 18.3. The fraction of sp³-hybridized carbons (Fsp3) is 0.0952. The first-order valence-electron chi connectivity index (χ1n) is 8.69. The molecule has 4 rings (SSSR count). The van der Waals surface area contributed by atoms with Gasteiger partial charge in [-0.25, -0.2) is 14.3 Å². The molecule has 8 nitrogen and oxygen atoms in total. The van der Waals surface area contributed by atoms with Crippen molar-refractivity contribution in [2.75, 3.05) is 14.2 Å². The summed E-state index contributed by atoms with van der Waals surface area (Å²) < 4.78 is 11.7. The molecule has 0 spiro atoms. The molecule has 0 amide bonds. The molecule has 0 radical (unpaired) electrons. The number of rotatable bonds is 4. The fourth-order valence-corrected chi connectivity index (χ4v) is 3.10. The Kier molecular flexibility index (Phi) is 4.52. The van der Waals surface area contributed by atoms with Gasteiger partial charge in [-0.15, -0.1) is 0 Å². The van der Waals surface area contributed by atoms with E-state index >= 15 is 0 Å². The Morgan fingerprint density at radius 2 is 1.72 bits per heavy atom. The van der Waals surface area contributed by atoms with Gasteiger partial charge < -0.3 is 14.6 Å². The van der Waals surface area contributed by atoms with Gasteiger partial charge in [-0.3, -0.25) is 9.78 Å². The Bertz CT molecular complexity index is 1340. The van der Waals surface area contributed by atoms with E-state index in [0.717, 1.165) is 0 Å². The van der Waals surface area contributed by atoms with Crippen molar-refractivity contribution >= 4 is 11.0 Å². The molecule has 8 heteroatoms. The Hall–Kier alpha value is -4.07. The molecule has 2 heterocycles. The second-order valence-electron chi connectivity index (χ2n) is 6.25. The third-order valence-corrected chi connectivity index (χ3v) is 4.55. The third kappa shape index (κ3) is 3.20. The molecule has 2 aromatic heterocycles. The molecular formula is C21H17N3O5. The van der Waals surface area contributed by atoms with E-state index < -0.39 is 11.2 Å². The molecule has 0 aliphatic rings. The Morgan fingerprint density at radius 1 is 0.966 bits per heavy atom. The molecule has 0 unspecified atom stereocenters. The topological polar surface area (TPSA) is 106 Å². The van der Waals surface area contributed by atoms with Gasteiger partial charge in [0.2, 0.25) is 0 Å². The SMILES string of the molecule is COc1cccc(-n2c(=O)[nH]c(=O)c3ccc(-c4cc(OC)ccc4O)nc32)c1. The van der Waals surface area contributed by atoms with Crippen LogP contribution in [-0.4, -0.2) is 33.9 Å². The lowest BCUT2D eigenvalue weighted by Crippen LogP contribution is -2.29. The van der Waals surface area contributed by atoms with Gasteiger partial charge in [-0.2, -0.15) is 0 Å². The van der Waals surface area contributed by atoms with E-state index in [1.807, 2.05) is 0 Å². The van der Waals surface area contributed by atoms with Crippen LogP contribution in [0.25, 0.3) is 28.0 Å². The van der Waals surface area contributed by atoms with Crippen LogP contribution in [0.1, 0.15) is 0 Å². The highest BCUT2D eigenvalue weighted by molar-refractivity contribution is 5.80. The zero-order valence-electron chi connectivity index (χ0n) is 15.7. The number of nitrogens with one attached hydrogen (secondary N) is 1. The van der Waals surface area contributed by atoms with Crippen molar-refractivity contribution in [3.63, 3.8) is 0 Å². The number of pyridine rings is 1.